The van der Waals surface area contributed by atoms with Gasteiger partial charge in [-0.3, -0.25) is 14.7 Å². The Kier molecular flexibility index (Phi) is 3.30. The van der Waals surface area contributed by atoms with E-state index >= 15 is 0 Å². The molecule has 2 amide bonds. The van der Waals surface area contributed by atoms with Crippen molar-refractivity contribution in [3.8, 4) is 0 Å². The standard InChI is InChI=1S/C15H13N5O2/c1-8-5-13-9(7-17-20-13)6-12(8)19-15(22)11-4-2-3-10(18-11)14(16)21/h2-7H,1H3,(H2,16,21)(H,17,20)(H,19,22). The second-order valence-electron chi connectivity index (χ2n) is 4.85. The van der Waals surface area contributed by atoms with Crippen LogP contribution in [0.2, 0.25) is 0 Å². The molecule has 2 aromatic heterocycles. The molecule has 0 aliphatic rings. The number of benzene rings is 1. The number of carbonyl (C=O) groups excluding carboxylic acids is 2. The topological polar surface area (TPSA) is 114 Å². The average molecular weight is 295 g/mol. The first-order valence-electron chi connectivity index (χ1n) is 6.56. The highest BCUT2D eigenvalue weighted by Gasteiger charge is 2.12. The number of aromatic nitrogens is 3. The van der Waals surface area contributed by atoms with Gasteiger partial charge in [0.1, 0.15) is 11.4 Å². The lowest BCUT2D eigenvalue weighted by molar-refractivity contribution is 0.0995. The molecule has 0 bridgehead atoms. The number of nitrogens with one attached hydrogen (secondary N) is 2. The van der Waals surface area contributed by atoms with Gasteiger partial charge in [0.05, 0.1) is 11.7 Å². The molecule has 3 aromatic rings. The number of hydrogen-bond donors (Lipinski definition) is 3. The molecule has 0 fully saturated rings. The molecule has 0 aliphatic carbocycles. The van der Waals surface area contributed by atoms with Gasteiger partial charge in [0.2, 0.25) is 0 Å². The van der Waals surface area contributed by atoms with Gasteiger partial charge >= 0.3 is 0 Å². The van der Waals surface area contributed by atoms with Crippen LogP contribution < -0.4 is 11.1 Å². The van der Waals surface area contributed by atoms with E-state index in [0.717, 1.165) is 16.5 Å². The minimum atomic E-state index is -0.675. The van der Waals surface area contributed by atoms with Gasteiger partial charge < -0.3 is 11.1 Å². The Hall–Kier alpha value is -3.22. The third kappa shape index (κ3) is 2.51. The van der Waals surface area contributed by atoms with Gasteiger partial charge in [0.25, 0.3) is 11.8 Å². The fraction of sp³-hybridized carbons (Fsp3) is 0.0667. The second-order valence-corrected chi connectivity index (χ2v) is 4.85. The fourth-order valence-electron chi connectivity index (χ4n) is 2.12. The molecule has 0 radical (unpaired) electrons. The van der Waals surface area contributed by atoms with Crippen molar-refractivity contribution in [2.24, 2.45) is 5.73 Å². The molecular weight excluding hydrogens is 282 g/mol. The number of primary amides is 1. The Labute approximate surface area is 125 Å². The third-order valence-electron chi connectivity index (χ3n) is 3.27. The molecule has 0 unspecified atom stereocenters. The summed E-state index contributed by atoms with van der Waals surface area (Å²) in [6, 6.07) is 8.26. The number of carbonyl (C=O) groups is 2. The molecule has 3 rings (SSSR count). The summed E-state index contributed by atoms with van der Waals surface area (Å²) in [5, 5.41) is 10.5. The molecule has 0 aliphatic heterocycles. The number of nitrogens with zero attached hydrogens (tertiary/aromatic N) is 2. The zero-order chi connectivity index (χ0) is 15.7. The van der Waals surface area contributed by atoms with Crippen molar-refractivity contribution >= 4 is 28.4 Å². The normalized spacial score (nSPS) is 10.6. The van der Waals surface area contributed by atoms with Gasteiger partial charge in [0, 0.05) is 11.1 Å². The zero-order valence-electron chi connectivity index (χ0n) is 11.8. The van der Waals surface area contributed by atoms with E-state index in [1.54, 1.807) is 12.3 Å². The van der Waals surface area contributed by atoms with Crippen LogP contribution in [-0.4, -0.2) is 27.0 Å². The minimum Gasteiger partial charge on any atom is -0.364 e. The maximum Gasteiger partial charge on any atom is 0.274 e. The molecule has 2 heterocycles. The zero-order valence-corrected chi connectivity index (χ0v) is 11.8. The Morgan fingerprint density at radius 3 is 2.77 bits per heavy atom. The molecule has 0 atom stereocenters. The number of anilines is 1. The van der Waals surface area contributed by atoms with Gasteiger partial charge in [-0.1, -0.05) is 6.07 Å². The van der Waals surface area contributed by atoms with Crippen molar-refractivity contribution in [1.82, 2.24) is 15.2 Å². The lowest BCUT2D eigenvalue weighted by Gasteiger charge is -2.08. The summed E-state index contributed by atoms with van der Waals surface area (Å²) in [7, 11) is 0. The smallest absolute Gasteiger partial charge is 0.274 e. The number of amides is 2. The first-order valence-corrected chi connectivity index (χ1v) is 6.56. The summed E-state index contributed by atoms with van der Waals surface area (Å²) in [5.41, 5.74) is 7.78. The van der Waals surface area contributed by atoms with Crippen LogP contribution >= 0.6 is 0 Å². The Balaban J connectivity index is 1.90. The number of fused-ring (bicyclic) bond motifs is 1. The van der Waals surface area contributed by atoms with E-state index in [9.17, 15) is 9.59 Å². The second kappa shape index (κ2) is 5.28. The molecule has 110 valence electrons. The van der Waals surface area contributed by atoms with Crippen molar-refractivity contribution < 1.29 is 9.59 Å². The van der Waals surface area contributed by atoms with Gasteiger partial charge in [-0.05, 0) is 36.8 Å². The third-order valence-corrected chi connectivity index (χ3v) is 3.27. The van der Waals surface area contributed by atoms with E-state index in [4.69, 9.17) is 5.73 Å². The van der Waals surface area contributed by atoms with Crippen LogP contribution in [0.25, 0.3) is 10.9 Å². The summed E-state index contributed by atoms with van der Waals surface area (Å²) in [5.74, 6) is -1.08. The Morgan fingerprint density at radius 2 is 2.00 bits per heavy atom. The first-order chi connectivity index (χ1) is 10.5. The van der Waals surface area contributed by atoms with E-state index in [1.165, 1.54) is 12.1 Å². The first kappa shape index (κ1) is 13.7. The number of pyridine rings is 1. The van der Waals surface area contributed by atoms with E-state index in [0.29, 0.717) is 5.69 Å². The van der Waals surface area contributed by atoms with Crippen LogP contribution in [-0.2, 0) is 0 Å². The number of hydrogen-bond acceptors (Lipinski definition) is 4. The Morgan fingerprint density at radius 1 is 1.23 bits per heavy atom. The summed E-state index contributed by atoms with van der Waals surface area (Å²) in [6.07, 6.45) is 1.68. The molecule has 0 spiro atoms. The highest BCUT2D eigenvalue weighted by molar-refractivity contribution is 6.05. The number of rotatable bonds is 3. The van der Waals surface area contributed by atoms with Crippen LogP contribution in [0, 0.1) is 6.92 Å². The van der Waals surface area contributed by atoms with Crippen molar-refractivity contribution in [3.63, 3.8) is 0 Å². The predicted molar refractivity (Wildman–Crippen MR) is 81.5 cm³/mol. The average Bonchev–Trinajstić information content (AvgIpc) is 2.94. The van der Waals surface area contributed by atoms with Crippen molar-refractivity contribution in [2.45, 2.75) is 6.92 Å². The minimum absolute atomic E-state index is 0.0506. The van der Waals surface area contributed by atoms with E-state index in [-0.39, 0.29) is 11.4 Å². The van der Waals surface area contributed by atoms with E-state index in [2.05, 4.69) is 20.5 Å². The van der Waals surface area contributed by atoms with Gasteiger partial charge in [-0.15, -0.1) is 0 Å². The molecule has 1 aromatic carbocycles. The van der Waals surface area contributed by atoms with Crippen molar-refractivity contribution in [2.75, 3.05) is 5.32 Å². The van der Waals surface area contributed by atoms with Crippen molar-refractivity contribution in [1.29, 1.82) is 0 Å². The van der Waals surface area contributed by atoms with Crippen LogP contribution in [0.3, 0.4) is 0 Å². The highest BCUT2D eigenvalue weighted by Crippen LogP contribution is 2.22. The molecule has 4 N–H and O–H groups in total. The number of H-pyrrole nitrogens is 1. The largest absolute Gasteiger partial charge is 0.364 e. The SMILES string of the molecule is Cc1cc2[nH]ncc2cc1NC(=O)c1cccc(C(N)=O)n1. The number of nitrogens with two attached hydrogens (primary N) is 1. The van der Waals surface area contributed by atoms with Crippen LogP contribution in [0.15, 0.2) is 36.5 Å². The Bertz CT molecular complexity index is 885. The summed E-state index contributed by atoms with van der Waals surface area (Å²) in [6.45, 7) is 1.88. The number of aromatic amines is 1. The van der Waals surface area contributed by atoms with Crippen LogP contribution in [0.1, 0.15) is 26.5 Å². The van der Waals surface area contributed by atoms with Crippen molar-refractivity contribution in [3.05, 3.63) is 53.5 Å². The monoisotopic (exact) mass is 295 g/mol. The van der Waals surface area contributed by atoms with E-state index < -0.39 is 11.8 Å². The van der Waals surface area contributed by atoms with Gasteiger partial charge in [-0.2, -0.15) is 5.10 Å². The van der Waals surface area contributed by atoms with Gasteiger partial charge in [0.15, 0.2) is 0 Å². The molecule has 22 heavy (non-hydrogen) atoms. The summed E-state index contributed by atoms with van der Waals surface area (Å²) in [4.78, 5) is 27.3. The number of aryl methyl sites for hydroxylation is 1. The van der Waals surface area contributed by atoms with Crippen LogP contribution in [0.5, 0.6) is 0 Å². The maximum atomic E-state index is 12.3. The van der Waals surface area contributed by atoms with Gasteiger partial charge in [-0.25, -0.2) is 4.98 Å². The fourth-order valence-corrected chi connectivity index (χ4v) is 2.12. The summed E-state index contributed by atoms with van der Waals surface area (Å²) < 4.78 is 0. The quantitative estimate of drug-likeness (QED) is 0.681. The molecule has 0 saturated heterocycles. The maximum absolute atomic E-state index is 12.3. The molecular formula is C15H13N5O2. The summed E-state index contributed by atoms with van der Waals surface area (Å²) >= 11 is 0. The van der Waals surface area contributed by atoms with E-state index in [1.807, 2.05) is 19.1 Å². The molecule has 7 nitrogen and oxygen atoms in total. The van der Waals surface area contributed by atoms with Crippen LogP contribution in [0.4, 0.5) is 5.69 Å². The molecule has 7 heteroatoms. The molecule has 0 saturated carbocycles. The lowest BCUT2D eigenvalue weighted by Crippen LogP contribution is -2.18. The highest BCUT2D eigenvalue weighted by atomic mass is 16.2. The lowest BCUT2D eigenvalue weighted by atomic mass is 10.1. The predicted octanol–water partition coefficient (Wildman–Crippen LogP) is 1.62.